The number of ether oxygens (including phenoxy) is 6. The van der Waals surface area contributed by atoms with Crippen molar-refractivity contribution in [2.45, 2.75) is 146 Å². The Morgan fingerprint density at radius 1 is 0.792 bits per heavy atom. The van der Waals surface area contributed by atoms with Crippen LogP contribution in [0.5, 0.6) is 17.2 Å². The molecule has 6 N–H and O–H groups in total. The van der Waals surface area contributed by atoms with Crippen LogP contribution in [0.4, 0.5) is 0 Å². The van der Waals surface area contributed by atoms with E-state index in [-0.39, 0.29) is 53.7 Å². The molecule has 0 spiro atoms. The maximum absolute atomic E-state index is 13.7. The fourth-order valence-electron chi connectivity index (χ4n) is 8.29. The van der Waals surface area contributed by atoms with Crippen LogP contribution in [-0.2, 0) is 33.2 Å². The lowest BCUT2D eigenvalue weighted by atomic mass is 9.70. The monoisotopic (exact) mass is 742 g/mol. The first-order valence-corrected chi connectivity index (χ1v) is 18.2. The number of rotatable bonds is 7. The first-order valence-electron chi connectivity index (χ1n) is 18.2. The van der Waals surface area contributed by atoms with Gasteiger partial charge < -0.3 is 59.1 Å². The van der Waals surface area contributed by atoms with E-state index in [1.807, 2.05) is 0 Å². The molecule has 2 aromatic carbocycles. The third-order valence-electron chi connectivity index (χ3n) is 11.4. The van der Waals surface area contributed by atoms with Gasteiger partial charge in [0.15, 0.2) is 30.4 Å². The standard InChI is InChI=1S/C38H46O15/c1-5-38(47)14-23(28-31(37(38)46)35(45)29-30(34(28)44)33(43)27-18(32(29)42)7-6-8-20(27)40)52-24-12-10-22(16(3)49-24)51-26-13-21(41)36(17(4)50-26)53-25-11-9-19(39)15(2)48-25/h6-8,15-17,21-26,36-37,40-41,44-47H,5,9-14H2,1-4H3. The average Bonchev–Trinajstić information content (AvgIpc) is 3.11. The van der Waals surface area contributed by atoms with Crippen molar-refractivity contribution in [3.8, 4) is 17.2 Å². The van der Waals surface area contributed by atoms with E-state index in [4.69, 9.17) is 28.4 Å². The number of phenols is 3. The Bertz CT molecular complexity index is 1780. The van der Waals surface area contributed by atoms with Crippen LogP contribution in [0, 0.1) is 0 Å². The van der Waals surface area contributed by atoms with E-state index in [0.717, 1.165) is 0 Å². The minimum Gasteiger partial charge on any atom is -0.507 e. The van der Waals surface area contributed by atoms with Crippen LogP contribution in [0.25, 0.3) is 0 Å². The number of ketones is 3. The van der Waals surface area contributed by atoms with Gasteiger partial charge in [-0.3, -0.25) is 14.4 Å². The van der Waals surface area contributed by atoms with Crippen molar-refractivity contribution in [3.63, 3.8) is 0 Å². The Labute approximate surface area is 305 Å². The molecule has 7 rings (SSSR count). The van der Waals surface area contributed by atoms with Crippen LogP contribution in [0.1, 0.15) is 128 Å². The van der Waals surface area contributed by atoms with Gasteiger partial charge in [-0.25, -0.2) is 0 Å². The number of aliphatic hydroxyl groups is 3. The van der Waals surface area contributed by atoms with Crippen molar-refractivity contribution < 1.29 is 73.4 Å². The molecule has 3 saturated heterocycles. The second-order valence-corrected chi connectivity index (χ2v) is 14.7. The number of carbonyl (C=O) groups excluding carboxylic acids is 3. The number of aliphatic hydroxyl groups excluding tert-OH is 2. The molecule has 12 atom stereocenters. The highest BCUT2D eigenvalue weighted by atomic mass is 16.7. The third kappa shape index (κ3) is 6.55. The molecular weight excluding hydrogens is 696 g/mol. The molecule has 2 aromatic rings. The number of hydrogen-bond donors (Lipinski definition) is 6. The number of Topliss-reactive ketones (excluding diaryl/α,β-unsaturated/α-hetero) is 1. The first kappa shape index (κ1) is 37.8. The van der Waals surface area contributed by atoms with E-state index in [9.17, 15) is 45.0 Å². The summed E-state index contributed by atoms with van der Waals surface area (Å²) in [6.45, 7) is 6.83. The molecule has 0 bridgehead atoms. The summed E-state index contributed by atoms with van der Waals surface area (Å²) < 4.78 is 36.5. The zero-order chi connectivity index (χ0) is 38.1. The second-order valence-electron chi connectivity index (χ2n) is 14.7. The van der Waals surface area contributed by atoms with Crippen molar-refractivity contribution in [3.05, 3.63) is 51.6 Å². The van der Waals surface area contributed by atoms with Gasteiger partial charge in [0.25, 0.3) is 0 Å². The average molecular weight is 743 g/mol. The number of phenolic OH excluding ortho intramolecular Hbond substituents is 3. The molecule has 3 fully saturated rings. The van der Waals surface area contributed by atoms with Gasteiger partial charge in [-0.2, -0.15) is 0 Å². The van der Waals surface area contributed by atoms with E-state index in [1.54, 1.807) is 27.7 Å². The minimum atomic E-state index is -1.85. The number of carbonyl (C=O) groups is 3. The molecule has 5 aliphatic rings. The van der Waals surface area contributed by atoms with E-state index in [0.29, 0.717) is 19.3 Å². The van der Waals surface area contributed by atoms with Gasteiger partial charge in [0.05, 0.1) is 52.8 Å². The van der Waals surface area contributed by atoms with E-state index < -0.39 is 113 Å². The molecule has 2 aliphatic carbocycles. The van der Waals surface area contributed by atoms with Crippen molar-refractivity contribution >= 4 is 17.3 Å². The smallest absolute Gasteiger partial charge is 0.202 e. The molecule has 15 nitrogen and oxygen atoms in total. The van der Waals surface area contributed by atoms with Crippen molar-refractivity contribution in [1.82, 2.24) is 0 Å². The van der Waals surface area contributed by atoms with Gasteiger partial charge >= 0.3 is 0 Å². The van der Waals surface area contributed by atoms with Crippen LogP contribution in [0.3, 0.4) is 0 Å². The van der Waals surface area contributed by atoms with Crippen LogP contribution in [0.15, 0.2) is 18.2 Å². The summed E-state index contributed by atoms with van der Waals surface area (Å²) in [5, 5.41) is 67.5. The fraction of sp³-hybridized carbons (Fsp3) is 0.605. The molecule has 0 amide bonds. The first-order chi connectivity index (χ1) is 25.1. The number of benzene rings is 2. The molecule has 12 unspecified atom stereocenters. The van der Waals surface area contributed by atoms with E-state index >= 15 is 0 Å². The van der Waals surface area contributed by atoms with Gasteiger partial charge in [-0.05, 0) is 39.7 Å². The summed E-state index contributed by atoms with van der Waals surface area (Å²) in [6.07, 6.45) is -7.76. The fourth-order valence-corrected chi connectivity index (χ4v) is 8.29. The SMILES string of the molecule is CCC1(O)CC(OC2CCC(OC3CC(O)C(OC4CCC(=O)C(C)O4)C(C)O3)C(C)O2)c2c(O)c3c(c(O)c2C1O)C(=O)c1cccc(O)c1C3=O. The summed E-state index contributed by atoms with van der Waals surface area (Å²) in [6, 6.07) is 3.91. The summed E-state index contributed by atoms with van der Waals surface area (Å²) >= 11 is 0. The highest BCUT2D eigenvalue weighted by molar-refractivity contribution is 6.31. The molecule has 15 heteroatoms. The van der Waals surface area contributed by atoms with Crippen LogP contribution < -0.4 is 0 Å². The summed E-state index contributed by atoms with van der Waals surface area (Å²) in [5.74, 6) is -3.70. The Balaban J connectivity index is 1.06. The molecule has 53 heavy (non-hydrogen) atoms. The maximum atomic E-state index is 13.7. The third-order valence-corrected chi connectivity index (χ3v) is 11.4. The Kier molecular flexibility index (Phi) is 10.2. The number of hydrogen-bond acceptors (Lipinski definition) is 15. The van der Waals surface area contributed by atoms with E-state index in [1.165, 1.54) is 18.2 Å². The van der Waals surface area contributed by atoms with Gasteiger partial charge in [-0.1, -0.05) is 19.1 Å². The van der Waals surface area contributed by atoms with Crippen LogP contribution in [0.2, 0.25) is 0 Å². The maximum Gasteiger partial charge on any atom is 0.202 e. The summed E-state index contributed by atoms with van der Waals surface area (Å²) in [7, 11) is 0. The molecular formula is C38H46O15. The summed E-state index contributed by atoms with van der Waals surface area (Å²) in [5.41, 5.74) is -3.94. The lowest BCUT2D eigenvalue weighted by Crippen LogP contribution is -2.53. The largest absolute Gasteiger partial charge is 0.507 e. The zero-order valence-electron chi connectivity index (χ0n) is 29.9. The molecule has 3 aliphatic heterocycles. The Hall–Kier alpha value is -3.51. The highest BCUT2D eigenvalue weighted by Gasteiger charge is 2.51. The lowest BCUT2D eigenvalue weighted by molar-refractivity contribution is -0.317. The zero-order valence-corrected chi connectivity index (χ0v) is 29.9. The van der Waals surface area contributed by atoms with Gasteiger partial charge in [0, 0.05) is 48.8 Å². The lowest BCUT2D eigenvalue weighted by Gasteiger charge is -2.45. The quantitative estimate of drug-likeness (QED) is 0.191. The molecule has 0 saturated carbocycles. The summed E-state index contributed by atoms with van der Waals surface area (Å²) in [4.78, 5) is 39.1. The van der Waals surface area contributed by atoms with Crippen molar-refractivity contribution in [1.29, 1.82) is 0 Å². The molecule has 288 valence electrons. The van der Waals surface area contributed by atoms with Gasteiger partial charge in [-0.15, -0.1) is 0 Å². The van der Waals surface area contributed by atoms with Gasteiger partial charge in [0.1, 0.15) is 35.6 Å². The molecule has 0 radical (unpaired) electrons. The predicted molar refractivity (Wildman–Crippen MR) is 180 cm³/mol. The molecule has 3 heterocycles. The number of aromatic hydroxyl groups is 3. The second kappa shape index (κ2) is 14.3. The van der Waals surface area contributed by atoms with Crippen LogP contribution >= 0.6 is 0 Å². The predicted octanol–water partition coefficient (Wildman–Crippen LogP) is 3.10. The van der Waals surface area contributed by atoms with Crippen molar-refractivity contribution in [2.75, 3.05) is 0 Å². The highest BCUT2D eigenvalue weighted by Crippen LogP contribution is 2.56. The van der Waals surface area contributed by atoms with Crippen LogP contribution in [-0.4, -0.2) is 109 Å². The topological polar surface area (TPSA) is 228 Å². The van der Waals surface area contributed by atoms with Crippen molar-refractivity contribution in [2.24, 2.45) is 0 Å². The minimum absolute atomic E-state index is 0.00614. The van der Waals surface area contributed by atoms with Gasteiger partial charge in [0.2, 0.25) is 5.78 Å². The molecule has 0 aromatic heterocycles. The van der Waals surface area contributed by atoms with E-state index in [2.05, 4.69) is 0 Å². The Morgan fingerprint density at radius 3 is 2.15 bits per heavy atom. The Morgan fingerprint density at radius 2 is 1.47 bits per heavy atom. The normalized spacial score (nSPS) is 37.2. The number of fused-ring (bicyclic) bond motifs is 3.